The van der Waals surface area contributed by atoms with E-state index in [1.807, 2.05) is 0 Å². The molecule has 0 aliphatic heterocycles. The number of ether oxygens (including phenoxy) is 3. The minimum Gasteiger partial charge on any atom is -0.462 e. The molecule has 0 saturated carbocycles. The second kappa shape index (κ2) is 64.6. The number of esters is 3. The van der Waals surface area contributed by atoms with Crippen LogP contribution in [0.1, 0.15) is 348 Å². The minimum atomic E-state index is -0.778. The fourth-order valence-electron chi connectivity index (χ4n) is 9.79. The van der Waals surface area contributed by atoms with Gasteiger partial charge in [-0.2, -0.15) is 0 Å². The molecule has 0 saturated heterocycles. The highest BCUT2D eigenvalue weighted by Gasteiger charge is 2.19. The largest absolute Gasteiger partial charge is 0.462 e. The van der Waals surface area contributed by atoms with Crippen LogP contribution in [0.25, 0.3) is 0 Å². The SMILES string of the molecule is CC/C=C\C/C=C\C/C=C\CCCCCCCCCC(=O)OC(COC(=O)CCCCCCCCCCCCCCCC)COC(=O)CCCCCCCCCCCCCCCCC/C=C\C/C=C\CCCCCCC. The van der Waals surface area contributed by atoms with Gasteiger partial charge >= 0.3 is 17.9 Å². The summed E-state index contributed by atoms with van der Waals surface area (Å²) in [5.74, 6) is -0.864. The first-order valence-corrected chi connectivity index (χ1v) is 33.3. The van der Waals surface area contributed by atoms with Crippen molar-refractivity contribution in [2.75, 3.05) is 13.2 Å². The van der Waals surface area contributed by atoms with Crippen LogP contribution in [0.2, 0.25) is 0 Å². The molecule has 0 radical (unpaired) electrons. The summed E-state index contributed by atoms with van der Waals surface area (Å²) in [6.45, 7) is 6.56. The third kappa shape index (κ3) is 62.0. The highest BCUT2D eigenvalue weighted by Crippen LogP contribution is 2.17. The van der Waals surface area contributed by atoms with Crippen molar-refractivity contribution in [1.29, 1.82) is 0 Å². The van der Waals surface area contributed by atoms with Crippen molar-refractivity contribution in [1.82, 2.24) is 0 Å². The van der Waals surface area contributed by atoms with Gasteiger partial charge in [0.15, 0.2) is 6.10 Å². The van der Waals surface area contributed by atoms with Crippen LogP contribution in [-0.4, -0.2) is 37.2 Å². The van der Waals surface area contributed by atoms with Gasteiger partial charge in [-0.3, -0.25) is 14.4 Å². The monoisotopic (exact) mass is 1060 g/mol. The Balaban J connectivity index is 4.25. The van der Waals surface area contributed by atoms with E-state index in [0.29, 0.717) is 19.3 Å². The zero-order valence-electron chi connectivity index (χ0n) is 50.8. The maximum Gasteiger partial charge on any atom is 0.306 e. The first kappa shape index (κ1) is 73.1. The second-order valence-electron chi connectivity index (χ2n) is 22.4. The summed E-state index contributed by atoms with van der Waals surface area (Å²) in [7, 11) is 0. The molecule has 0 bridgehead atoms. The Morgan fingerprint density at radius 1 is 0.276 bits per heavy atom. The first-order chi connectivity index (χ1) is 37.5. The van der Waals surface area contributed by atoms with Gasteiger partial charge in [-0.1, -0.05) is 306 Å². The van der Waals surface area contributed by atoms with Crippen molar-refractivity contribution in [3.05, 3.63) is 60.8 Å². The molecular formula is C70H126O6. The van der Waals surface area contributed by atoms with Crippen molar-refractivity contribution in [3.63, 3.8) is 0 Å². The smallest absolute Gasteiger partial charge is 0.306 e. The highest BCUT2D eigenvalue weighted by molar-refractivity contribution is 5.71. The van der Waals surface area contributed by atoms with Crippen molar-refractivity contribution < 1.29 is 28.6 Å². The van der Waals surface area contributed by atoms with Gasteiger partial charge in [-0.25, -0.2) is 0 Å². The molecule has 0 fully saturated rings. The molecular weight excluding hydrogens is 937 g/mol. The molecule has 442 valence electrons. The van der Waals surface area contributed by atoms with Crippen molar-refractivity contribution in [2.24, 2.45) is 0 Å². The molecule has 6 heteroatoms. The summed E-state index contributed by atoms with van der Waals surface area (Å²) in [4.78, 5) is 38.3. The Hall–Kier alpha value is -2.89. The minimum absolute atomic E-state index is 0.0741. The molecule has 1 unspecified atom stereocenters. The molecule has 0 spiro atoms. The lowest BCUT2D eigenvalue weighted by Crippen LogP contribution is -2.30. The zero-order valence-corrected chi connectivity index (χ0v) is 50.8. The Labute approximate surface area is 472 Å². The molecule has 0 amide bonds. The predicted octanol–water partition coefficient (Wildman–Crippen LogP) is 22.7. The number of allylic oxidation sites excluding steroid dienone is 10. The number of carbonyl (C=O) groups excluding carboxylic acids is 3. The molecule has 0 rings (SSSR count). The average molecular weight is 1060 g/mol. The fraction of sp³-hybridized carbons (Fsp3) is 0.814. The lowest BCUT2D eigenvalue weighted by atomic mass is 10.0. The summed E-state index contributed by atoms with van der Waals surface area (Å²) >= 11 is 0. The molecule has 0 N–H and O–H groups in total. The summed E-state index contributed by atoms with van der Waals surface area (Å²) in [5.41, 5.74) is 0. The van der Waals surface area contributed by atoms with Crippen LogP contribution in [0.5, 0.6) is 0 Å². The molecule has 6 nitrogen and oxygen atoms in total. The average Bonchev–Trinajstić information content (AvgIpc) is 3.42. The van der Waals surface area contributed by atoms with E-state index in [1.165, 1.54) is 218 Å². The van der Waals surface area contributed by atoms with Crippen LogP contribution in [0, 0.1) is 0 Å². The Morgan fingerprint density at radius 2 is 0.513 bits per heavy atom. The van der Waals surface area contributed by atoms with Gasteiger partial charge in [-0.05, 0) is 83.5 Å². The Bertz CT molecular complexity index is 1360. The van der Waals surface area contributed by atoms with Crippen LogP contribution in [-0.2, 0) is 28.6 Å². The standard InChI is InChI=1S/C70H126O6/c1-4-7-10-13-16-19-22-25-28-30-31-32-33-34-35-36-37-38-39-41-42-45-48-51-54-57-60-63-69(72)75-66-67(65-74-68(71)62-59-56-53-50-47-44-27-24-21-18-15-12-9-6-3)76-70(73)64-61-58-55-52-49-46-43-40-29-26-23-20-17-14-11-8-5-2/h8,11,17,20,22,25-26,29-31,67H,4-7,9-10,12-16,18-19,21,23-24,27-28,32-66H2,1-3H3/b11-8-,20-17-,25-22-,29-26-,31-30-. The van der Waals surface area contributed by atoms with E-state index in [1.54, 1.807) is 0 Å². The van der Waals surface area contributed by atoms with Gasteiger partial charge in [0, 0.05) is 19.3 Å². The van der Waals surface area contributed by atoms with E-state index in [2.05, 4.69) is 81.5 Å². The van der Waals surface area contributed by atoms with Crippen LogP contribution in [0.4, 0.5) is 0 Å². The molecule has 1 atom stereocenters. The number of rotatable bonds is 61. The van der Waals surface area contributed by atoms with E-state index in [0.717, 1.165) is 89.9 Å². The summed E-state index contributed by atoms with van der Waals surface area (Å²) in [6, 6.07) is 0. The van der Waals surface area contributed by atoms with E-state index in [-0.39, 0.29) is 31.1 Å². The Kier molecular flexibility index (Phi) is 62.2. The lowest BCUT2D eigenvalue weighted by molar-refractivity contribution is -0.167. The van der Waals surface area contributed by atoms with Crippen LogP contribution >= 0.6 is 0 Å². The molecule has 0 aromatic carbocycles. The summed E-state index contributed by atoms with van der Waals surface area (Å²) < 4.78 is 16.9. The maximum atomic E-state index is 12.9. The second-order valence-corrected chi connectivity index (χ2v) is 22.4. The number of unbranched alkanes of at least 4 members (excludes halogenated alkanes) is 40. The van der Waals surface area contributed by atoms with E-state index >= 15 is 0 Å². The van der Waals surface area contributed by atoms with Crippen LogP contribution in [0.15, 0.2) is 60.8 Å². The van der Waals surface area contributed by atoms with Gasteiger partial charge in [0.25, 0.3) is 0 Å². The van der Waals surface area contributed by atoms with Gasteiger partial charge < -0.3 is 14.2 Å². The summed E-state index contributed by atoms with van der Waals surface area (Å²) in [5, 5.41) is 0. The third-order valence-corrected chi connectivity index (χ3v) is 14.8. The first-order valence-electron chi connectivity index (χ1n) is 33.3. The molecule has 76 heavy (non-hydrogen) atoms. The predicted molar refractivity (Wildman–Crippen MR) is 330 cm³/mol. The fourth-order valence-corrected chi connectivity index (χ4v) is 9.79. The molecule has 0 heterocycles. The third-order valence-electron chi connectivity index (χ3n) is 14.8. The number of carbonyl (C=O) groups is 3. The normalized spacial score (nSPS) is 12.4. The topological polar surface area (TPSA) is 78.9 Å². The molecule has 0 aromatic heterocycles. The quantitative estimate of drug-likeness (QED) is 0.0261. The highest BCUT2D eigenvalue weighted by atomic mass is 16.6. The van der Waals surface area contributed by atoms with Gasteiger partial charge in [0.2, 0.25) is 0 Å². The van der Waals surface area contributed by atoms with E-state index in [9.17, 15) is 14.4 Å². The van der Waals surface area contributed by atoms with E-state index < -0.39 is 6.10 Å². The molecule has 0 aliphatic carbocycles. The zero-order chi connectivity index (χ0) is 55.0. The van der Waals surface area contributed by atoms with Gasteiger partial charge in [0.1, 0.15) is 13.2 Å². The molecule has 0 aromatic rings. The number of hydrogen-bond donors (Lipinski definition) is 0. The Morgan fingerprint density at radius 3 is 0.803 bits per heavy atom. The van der Waals surface area contributed by atoms with Gasteiger partial charge in [0.05, 0.1) is 0 Å². The van der Waals surface area contributed by atoms with Crippen molar-refractivity contribution >= 4 is 17.9 Å². The maximum absolute atomic E-state index is 12.9. The molecule has 0 aliphatic rings. The van der Waals surface area contributed by atoms with Crippen molar-refractivity contribution in [2.45, 2.75) is 354 Å². The lowest BCUT2D eigenvalue weighted by Gasteiger charge is -2.18. The van der Waals surface area contributed by atoms with Crippen molar-refractivity contribution in [3.8, 4) is 0 Å². The summed E-state index contributed by atoms with van der Waals surface area (Å²) in [6.07, 6.45) is 82.4. The number of hydrogen-bond acceptors (Lipinski definition) is 6. The van der Waals surface area contributed by atoms with Gasteiger partial charge in [-0.15, -0.1) is 0 Å². The van der Waals surface area contributed by atoms with Crippen LogP contribution in [0.3, 0.4) is 0 Å². The van der Waals surface area contributed by atoms with Crippen LogP contribution < -0.4 is 0 Å². The van der Waals surface area contributed by atoms with E-state index in [4.69, 9.17) is 14.2 Å².